The van der Waals surface area contributed by atoms with Gasteiger partial charge in [0.25, 0.3) is 0 Å². The van der Waals surface area contributed by atoms with Crippen molar-refractivity contribution in [1.82, 2.24) is 10.3 Å². The van der Waals surface area contributed by atoms with Crippen molar-refractivity contribution in [2.45, 2.75) is 13.1 Å². The van der Waals surface area contributed by atoms with Crippen molar-refractivity contribution in [3.8, 4) is 0 Å². The molecule has 0 saturated carbocycles. The van der Waals surface area contributed by atoms with Gasteiger partial charge in [0, 0.05) is 40.0 Å². The molecule has 0 fully saturated rings. The molecule has 94 valence electrons. The first-order valence-electron chi connectivity index (χ1n) is 5.39. The summed E-state index contributed by atoms with van der Waals surface area (Å²) in [6.07, 6.45) is 3.52. The second-order valence-corrected chi connectivity index (χ2v) is 5.68. The molecule has 0 radical (unpaired) electrons. The van der Waals surface area contributed by atoms with Gasteiger partial charge >= 0.3 is 0 Å². The van der Waals surface area contributed by atoms with Gasteiger partial charge in [0.05, 0.1) is 0 Å². The molecule has 5 heteroatoms. The molecule has 0 bridgehead atoms. The molecule has 2 nitrogen and oxygen atoms in total. The number of rotatable bonds is 4. The van der Waals surface area contributed by atoms with E-state index in [4.69, 9.17) is 0 Å². The average molecular weight is 374 g/mol. The van der Waals surface area contributed by atoms with Crippen LogP contribution in [0.4, 0.5) is 4.39 Å². The van der Waals surface area contributed by atoms with Crippen LogP contribution >= 0.6 is 31.9 Å². The van der Waals surface area contributed by atoms with Crippen molar-refractivity contribution >= 4 is 31.9 Å². The number of hydrogen-bond donors (Lipinski definition) is 1. The van der Waals surface area contributed by atoms with Crippen LogP contribution in [0.1, 0.15) is 11.1 Å². The number of nitrogens with one attached hydrogen (secondary N) is 1. The normalized spacial score (nSPS) is 10.6. The zero-order valence-corrected chi connectivity index (χ0v) is 12.6. The van der Waals surface area contributed by atoms with Crippen molar-refractivity contribution in [3.63, 3.8) is 0 Å². The van der Waals surface area contributed by atoms with Gasteiger partial charge in [0.1, 0.15) is 5.82 Å². The van der Waals surface area contributed by atoms with Crippen molar-refractivity contribution in [1.29, 1.82) is 0 Å². The van der Waals surface area contributed by atoms with Gasteiger partial charge in [-0.1, -0.05) is 15.9 Å². The van der Waals surface area contributed by atoms with Crippen LogP contribution in [-0.2, 0) is 13.1 Å². The maximum absolute atomic E-state index is 13.5. The molecule has 0 unspecified atom stereocenters. The zero-order chi connectivity index (χ0) is 13.0. The first-order valence-corrected chi connectivity index (χ1v) is 6.98. The molecule has 1 N–H and O–H groups in total. The minimum atomic E-state index is -0.196. The fourth-order valence-electron chi connectivity index (χ4n) is 1.57. The van der Waals surface area contributed by atoms with Gasteiger partial charge in [-0.15, -0.1) is 0 Å². The van der Waals surface area contributed by atoms with Gasteiger partial charge < -0.3 is 5.32 Å². The largest absolute Gasteiger partial charge is 0.308 e. The predicted molar refractivity (Wildman–Crippen MR) is 76.6 cm³/mol. The Morgan fingerprint density at radius 1 is 1.06 bits per heavy atom. The van der Waals surface area contributed by atoms with Crippen molar-refractivity contribution in [3.05, 3.63) is 62.5 Å². The lowest BCUT2D eigenvalue weighted by Crippen LogP contribution is -2.13. The fourth-order valence-corrected chi connectivity index (χ4v) is 2.39. The third-order valence-electron chi connectivity index (χ3n) is 2.41. The Labute approximate surface area is 122 Å². The monoisotopic (exact) mass is 372 g/mol. The Morgan fingerprint density at radius 3 is 2.67 bits per heavy atom. The van der Waals surface area contributed by atoms with E-state index in [-0.39, 0.29) is 5.82 Å². The second kappa shape index (κ2) is 6.41. The maximum Gasteiger partial charge on any atom is 0.127 e. The summed E-state index contributed by atoms with van der Waals surface area (Å²) >= 11 is 6.70. The lowest BCUT2D eigenvalue weighted by atomic mass is 10.2. The summed E-state index contributed by atoms with van der Waals surface area (Å²) in [4.78, 5) is 4.07. The van der Waals surface area contributed by atoms with Gasteiger partial charge in [-0.25, -0.2) is 4.39 Å². The number of hydrogen-bond acceptors (Lipinski definition) is 2. The molecule has 0 amide bonds. The zero-order valence-electron chi connectivity index (χ0n) is 9.46. The van der Waals surface area contributed by atoms with E-state index in [0.29, 0.717) is 18.7 Å². The van der Waals surface area contributed by atoms with Crippen LogP contribution in [0.25, 0.3) is 0 Å². The van der Waals surface area contributed by atoms with Crippen LogP contribution in [0.5, 0.6) is 0 Å². The van der Waals surface area contributed by atoms with Crippen LogP contribution < -0.4 is 5.32 Å². The Bertz CT molecular complexity index is 546. The number of nitrogens with zero attached hydrogens (tertiary/aromatic N) is 1. The van der Waals surface area contributed by atoms with Gasteiger partial charge in [-0.3, -0.25) is 4.98 Å². The summed E-state index contributed by atoms with van der Waals surface area (Å²) in [5, 5.41) is 3.19. The highest BCUT2D eigenvalue weighted by Gasteiger charge is 2.02. The summed E-state index contributed by atoms with van der Waals surface area (Å²) in [7, 11) is 0. The Kier molecular flexibility index (Phi) is 4.86. The Morgan fingerprint density at radius 2 is 1.89 bits per heavy atom. The SMILES string of the molecule is Fc1ccc(Br)cc1CNCc1cncc(Br)c1. The van der Waals surface area contributed by atoms with Crippen molar-refractivity contribution in [2.75, 3.05) is 0 Å². The third kappa shape index (κ3) is 3.86. The molecule has 2 aromatic rings. The molecule has 0 saturated heterocycles. The fraction of sp³-hybridized carbons (Fsp3) is 0.154. The summed E-state index contributed by atoms with van der Waals surface area (Å²) in [6, 6.07) is 6.91. The van der Waals surface area contributed by atoms with E-state index in [2.05, 4.69) is 42.2 Å². The second-order valence-electron chi connectivity index (χ2n) is 3.85. The number of pyridine rings is 1. The van der Waals surface area contributed by atoms with Crippen molar-refractivity contribution < 1.29 is 4.39 Å². The minimum Gasteiger partial charge on any atom is -0.308 e. The number of halogens is 3. The molecule has 0 aliphatic rings. The molecule has 18 heavy (non-hydrogen) atoms. The average Bonchev–Trinajstić information content (AvgIpc) is 2.34. The van der Waals surface area contributed by atoms with Crippen molar-refractivity contribution in [2.24, 2.45) is 0 Å². The summed E-state index contributed by atoms with van der Waals surface area (Å²) in [5.41, 5.74) is 1.70. The predicted octanol–water partition coefficient (Wildman–Crippen LogP) is 4.04. The summed E-state index contributed by atoms with van der Waals surface area (Å²) < 4.78 is 15.3. The lowest BCUT2D eigenvalue weighted by molar-refractivity contribution is 0.587. The Balaban J connectivity index is 1.94. The molecule has 1 heterocycles. The van der Waals surface area contributed by atoms with Crippen LogP contribution in [-0.4, -0.2) is 4.98 Å². The van der Waals surface area contributed by atoms with E-state index in [1.54, 1.807) is 24.5 Å². The van der Waals surface area contributed by atoms with E-state index in [0.717, 1.165) is 14.5 Å². The smallest absolute Gasteiger partial charge is 0.127 e. The van der Waals surface area contributed by atoms with Gasteiger partial charge in [0.2, 0.25) is 0 Å². The molecule has 0 spiro atoms. The van der Waals surface area contributed by atoms with Crippen LogP contribution in [0.15, 0.2) is 45.6 Å². The highest BCUT2D eigenvalue weighted by Crippen LogP contribution is 2.15. The highest BCUT2D eigenvalue weighted by atomic mass is 79.9. The molecule has 0 aliphatic heterocycles. The first-order chi connectivity index (χ1) is 8.65. The highest BCUT2D eigenvalue weighted by molar-refractivity contribution is 9.10. The number of aromatic nitrogens is 1. The molecule has 0 atom stereocenters. The van der Waals surface area contributed by atoms with Crippen LogP contribution in [0, 0.1) is 5.82 Å². The first kappa shape index (κ1) is 13.6. The topological polar surface area (TPSA) is 24.9 Å². The maximum atomic E-state index is 13.5. The molecular formula is C13H11Br2FN2. The molecular weight excluding hydrogens is 363 g/mol. The standard InChI is InChI=1S/C13H11Br2FN2/c14-11-1-2-13(16)10(4-11)7-17-5-9-3-12(15)8-18-6-9/h1-4,6,8,17H,5,7H2. The molecule has 1 aromatic heterocycles. The van der Waals surface area contributed by atoms with Gasteiger partial charge in [-0.2, -0.15) is 0 Å². The summed E-state index contributed by atoms with van der Waals surface area (Å²) in [6.45, 7) is 1.14. The van der Waals surface area contributed by atoms with E-state index in [9.17, 15) is 4.39 Å². The van der Waals surface area contributed by atoms with E-state index < -0.39 is 0 Å². The minimum absolute atomic E-state index is 0.196. The van der Waals surface area contributed by atoms with E-state index in [1.165, 1.54) is 6.07 Å². The Hall–Kier alpha value is -0.780. The van der Waals surface area contributed by atoms with E-state index in [1.807, 2.05) is 6.07 Å². The third-order valence-corrected chi connectivity index (χ3v) is 3.34. The van der Waals surface area contributed by atoms with Crippen LogP contribution in [0.3, 0.4) is 0 Å². The number of benzene rings is 1. The quantitative estimate of drug-likeness (QED) is 0.874. The molecule has 1 aromatic carbocycles. The summed E-state index contributed by atoms with van der Waals surface area (Å²) in [5.74, 6) is -0.196. The van der Waals surface area contributed by atoms with Gasteiger partial charge in [0.15, 0.2) is 0 Å². The molecule has 2 rings (SSSR count). The van der Waals surface area contributed by atoms with Gasteiger partial charge in [-0.05, 0) is 45.8 Å². The molecule has 0 aliphatic carbocycles. The van der Waals surface area contributed by atoms with E-state index >= 15 is 0 Å². The van der Waals surface area contributed by atoms with Crippen LogP contribution in [0.2, 0.25) is 0 Å². The lowest BCUT2D eigenvalue weighted by Gasteiger charge is -2.07.